The third kappa shape index (κ3) is 2.90. The molecule has 0 fully saturated rings. The lowest BCUT2D eigenvalue weighted by Gasteiger charge is -2.04. The van der Waals surface area contributed by atoms with Crippen LogP contribution in [-0.2, 0) is 4.74 Å². The summed E-state index contributed by atoms with van der Waals surface area (Å²) in [6.07, 6.45) is 3.62. The molecule has 3 aromatic rings. The van der Waals surface area contributed by atoms with Crippen LogP contribution < -0.4 is 21.4 Å². The van der Waals surface area contributed by atoms with Crippen LogP contribution in [0.1, 0.15) is 22.8 Å². The molecule has 0 spiro atoms. The van der Waals surface area contributed by atoms with Crippen molar-refractivity contribution in [1.82, 2.24) is 0 Å². The van der Waals surface area contributed by atoms with Crippen LogP contribution in [0.4, 0.5) is 0 Å². The first-order valence-electron chi connectivity index (χ1n) is 6.86. The van der Waals surface area contributed by atoms with Crippen LogP contribution >= 0.6 is 0 Å². The number of hydrogen-bond acceptors (Lipinski definition) is 3. The number of pyridine rings is 2. The summed E-state index contributed by atoms with van der Waals surface area (Å²) in [5.41, 5.74) is 3.34. The van der Waals surface area contributed by atoms with Crippen molar-refractivity contribution < 1.29 is 35.3 Å². The van der Waals surface area contributed by atoms with Crippen molar-refractivity contribution in [3.63, 3.8) is 0 Å². The second-order valence-electron chi connectivity index (χ2n) is 4.79. The first-order chi connectivity index (χ1) is 10.2. The van der Waals surface area contributed by atoms with Crippen LogP contribution in [0.15, 0.2) is 53.3 Å². The Labute approximate surface area is 139 Å². The van der Waals surface area contributed by atoms with Gasteiger partial charge in [0.1, 0.15) is 5.56 Å². The van der Waals surface area contributed by atoms with Crippen molar-refractivity contribution in [3.8, 4) is 11.5 Å². The highest BCUT2D eigenvalue weighted by molar-refractivity contribution is 5.96. The third-order valence-electron chi connectivity index (χ3n) is 3.31. The summed E-state index contributed by atoms with van der Waals surface area (Å²) in [5.74, 6) is 0.441. The number of aromatic nitrogens is 1. The van der Waals surface area contributed by atoms with E-state index < -0.39 is 0 Å². The molecule has 3 rings (SSSR count). The second kappa shape index (κ2) is 6.75. The van der Waals surface area contributed by atoms with Crippen LogP contribution in [0, 0.1) is 6.92 Å². The number of aryl methyl sites for hydroxylation is 1. The fourth-order valence-electron chi connectivity index (χ4n) is 2.36. The van der Waals surface area contributed by atoms with Gasteiger partial charge in [-0.3, -0.25) is 0 Å². The zero-order chi connectivity index (χ0) is 14.8. The number of hydrogen-bond donors (Lipinski definition) is 0. The highest BCUT2D eigenvalue weighted by Crippen LogP contribution is 2.19. The van der Waals surface area contributed by atoms with Gasteiger partial charge in [0.2, 0.25) is 5.52 Å². The normalized spacial score (nSPS) is 10.3. The van der Waals surface area contributed by atoms with E-state index in [4.69, 9.17) is 9.15 Å². The second-order valence-corrected chi connectivity index (χ2v) is 4.79. The molecule has 0 aliphatic heterocycles. The van der Waals surface area contributed by atoms with Gasteiger partial charge in [-0.15, -0.1) is 0 Å². The van der Waals surface area contributed by atoms with Crippen LogP contribution in [0.3, 0.4) is 0 Å². The van der Waals surface area contributed by atoms with Gasteiger partial charge in [-0.1, -0.05) is 0 Å². The van der Waals surface area contributed by atoms with Crippen molar-refractivity contribution in [2.24, 2.45) is 0 Å². The van der Waals surface area contributed by atoms with Crippen molar-refractivity contribution in [3.05, 3.63) is 60.0 Å². The number of carbonyl (C=O) groups excluding carboxylic acids is 1. The topological polar surface area (TPSA) is 43.5 Å². The van der Waals surface area contributed by atoms with E-state index in [1.54, 1.807) is 19.3 Å². The summed E-state index contributed by atoms with van der Waals surface area (Å²) in [6, 6.07) is 11.3. The fourth-order valence-corrected chi connectivity index (χ4v) is 2.36. The Morgan fingerprint density at radius 1 is 1.23 bits per heavy atom. The lowest BCUT2D eigenvalue weighted by molar-refractivity contribution is -0.500. The lowest BCUT2D eigenvalue weighted by atomic mass is 10.1. The van der Waals surface area contributed by atoms with E-state index in [-0.39, 0.29) is 23.0 Å². The smallest absolute Gasteiger partial charge is 0.344 e. The quantitative estimate of drug-likeness (QED) is 0.493. The molecule has 0 atom stereocenters. The number of fused-ring (bicyclic) bond motifs is 1. The Hall–Kier alpha value is -2.14. The molecule has 22 heavy (non-hydrogen) atoms. The number of carbonyl (C=O) groups is 1. The van der Waals surface area contributed by atoms with Crippen molar-refractivity contribution in [2.45, 2.75) is 13.8 Å². The van der Waals surface area contributed by atoms with Crippen molar-refractivity contribution in [1.29, 1.82) is 0 Å². The Morgan fingerprint density at radius 3 is 2.73 bits per heavy atom. The summed E-state index contributed by atoms with van der Waals surface area (Å²) in [6.45, 7) is 4.17. The average molecular weight is 362 g/mol. The maximum absolute atomic E-state index is 12.1. The minimum atomic E-state index is -0.315. The highest BCUT2D eigenvalue weighted by atomic mass is 79.9. The standard InChI is InChI=1S/C17H16NO3.BrH/c1-3-20-17(19)13-7-9-15(16-5-4-10-21-16)18-11-12(2)6-8-14(13)18;/h4-11H,3H2,1-2H3;1H/q+1;/p-1. The van der Waals surface area contributed by atoms with E-state index in [0.29, 0.717) is 12.2 Å². The number of esters is 1. The molecular weight excluding hydrogens is 346 g/mol. The zero-order valence-corrected chi connectivity index (χ0v) is 14.0. The Balaban J connectivity index is 0.00000176. The van der Waals surface area contributed by atoms with E-state index in [2.05, 4.69) is 0 Å². The number of furan rings is 1. The molecule has 3 heterocycles. The lowest BCUT2D eigenvalue weighted by Crippen LogP contribution is -3.00. The van der Waals surface area contributed by atoms with Crippen molar-refractivity contribution in [2.75, 3.05) is 6.61 Å². The summed E-state index contributed by atoms with van der Waals surface area (Å²) < 4.78 is 12.6. The number of ether oxygens (including phenoxy) is 1. The summed E-state index contributed by atoms with van der Waals surface area (Å²) in [5, 5.41) is 0. The van der Waals surface area contributed by atoms with E-state index in [1.807, 2.05) is 47.9 Å². The Morgan fingerprint density at radius 2 is 2.05 bits per heavy atom. The Kier molecular flexibility index (Phi) is 4.98. The Bertz CT molecular complexity index is 797. The zero-order valence-electron chi connectivity index (χ0n) is 12.4. The molecular formula is C17H16BrNO3. The molecule has 5 heteroatoms. The monoisotopic (exact) mass is 361 g/mol. The molecule has 0 aliphatic rings. The number of nitrogens with zero attached hydrogens (tertiary/aromatic N) is 1. The SMILES string of the molecule is CCOC(=O)c1ccc(-c2ccco2)[n+]2cc(C)ccc12.[Br-]. The van der Waals surface area contributed by atoms with Gasteiger partial charge in [-0.25, -0.2) is 4.79 Å². The van der Waals surface area contributed by atoms with Crippen LogP contribution in [0.2, 0.25) is 0 Å². The van der Waals surface area contributed by atoms with Crippen LogP contribution in [0.25, 0.3) is 17.0 Å². The maximum atomic E-state index is 12.1. The van der Waals surface area contributed by atoms with E-state index in [0.717, 1.165) is 22.5 Å². The third-order valence-corrected chi connectivity index (χ3v) is 3.31. The molecule has 0 saturated heterocycles. The first kappa shape index (κ1) is 16.2. The summed E-state index contributed by atoms with van der Waals surface area (Å²) in [7, 11) is 0. The molecule has 0 unspecified atom stereocenters. The van der Waals surface area contributed by atoms with Gasteiger partial charge in [-0.05, 0) is 38.1 Å². The molecule has 0 N–H and O–H groups in total. The van der Waals surface area contributed by atoms with Gasteiger partial charge >= 0.3 is 5.97 Å². The highest BCUT2D eigenvalue weighted by Gasteiger charge is 2.22. The van der Waals surface area contributed by atoms with Gasteiger partial charge in [0.15, 0.2) is 12.0 Å². The van der Waals surface area contributed by atoms with Crippen LogP contribution in [-0.4, -0.2) is 12.6 Å². The molecule has 0 radical (unpaired) electrons. The van der Waals surface area contributed by atoms with Crippen LogP contribution in [0.5, 0.6) is 0 Å². The van der Waals surface area contributed by atoms with Gasteiger partial charge in [-0.2, -0.15) is 4.40 Å². The molecule has 114 valence electrons. The predicted molar refractivity (Wildman–Crippen MR) is 78.0 cm³/mol. The number of rotatable bonds is 3. The molecule has 0 saturated carbocycles. The van der Waals surface area contributed by atoms with E-state index in [1.165, 1.54) is 0 Å². The van der Waals surface area contributed by atoms with Gasteiger partial charge in [0.05, 0.1) is 12.9 Å². The largest absolute Gasteiger partial charge is 1.00 e. The maximum Gasteiger partial charge on any atom is 0.344 e. The fraction of sp³-hybridized carbons (Fsp3) is 0.176. The molecule has 0 aromatic carbocycles. The minimum Gasteiger partial charge on any atom is -1.00 e. The van der Waals surface area contributed by atoms with Gasteiger partial charge in [0.25, 0.3) is 5.69 Å². The van der Waals surface area contributed by atoms with E-state index >= 15 is 0 Å². The molecule has 0 amide bonds. The first-order valence-corrected chi connectivity index (χ1v) is 6.86. The molecule has 3 aromatic heterocycles. The van der Waals surface area contributed by atoms with Crippen molar-refractivity contribution >= 4 is 11.5 Å². The summed E-state index contributed by atoms with van der Waals surface area (Å²) >= 11 is 0. The summed E-state index contributed by atoms with van der Waals surface area (Å²) in [4.78, 5) is 12.1. The van der Waals surface area contributed by atoms with Gasteiger partial charge in [0, 0.05) is 17.7 Å². The van der Waals surface area contributed by atoms with Gasteiger partial charge < -0.3 is 26.1 Å². The predicted octanol–water partition coefficient (Wildman–Crippen LogP) is 0.174. The molecule has 0 bridgehead atoms. The average Bonchev–Trinajstić information content (AvgIpc) is 3.00. The minimum absolute atomic E-state index is 0. The molecule has 4 nitrogen and oxygen atoms in total. The molecule has 0 aliphatic carbocycles. The number of halogens is 1. The van der Waals surface area contributed by atoms with E-state index in [9.17, 15) is 4.79 Å².